The summed E-state index contributed by atoms with van der Waals surface area (Å²) in [6.45, 7) is 0.933. The normalized spacial score (nSPS) is 10.5. The van der Waals surface area contributed by atoms with Crippen LogP contribution in [0, 0.1) is 9.39 Å². The number of nitrogens with two attached hydrogens (primary N) is 1. The molecular weight excluding hydrogens is 356 g/mol. The molecule has 2 rings (SSSR count). The van der Waals surface area contributed by atoms with Gasteiger partial charge < -0.3 is 10.5 Å². The summed E-state index contributed by atoms with van der Waals surface area (Å²) in [4.78, 5) is 0. The molecular formula is C15H15FINO. The molecule has 0 fully saturated rings. The first kappa shape index (κ1) is 14.3. The van der Waals surface area contributed by atoms with Crippen molar-refractivity contribution in [3.63, 3.8) is 0 Å². The van der Waals surface area contributed by atoms with Crippen molar-refractivity contribution in [2.24, 2.45) is 5.73 Å². The summed E-state index contributed by atoms with van der Waals surface area (Å²) in [5, 5.41) is 0. The second-order valence-corrected chi connectivity index (χ2v) is 5.49. The van der Waals surface area contributed by atoms with Crippen LogP contribution >= 0.6 is 22.6 Å². The van der Waals surface area contributed by atoms with Gasteiger partial charge in [-0.25, -0.2) is 4.39 Å². The number of halogens is 2. The number of hydrogen-bond donors (Lipinski definition) is 1. The highest BCUT2D eigenvalue weighted by Crippen LogP contribution is 2.18. The largest absolute Gasteiger partial charge is 0.489 e. The molecule has 0 spiro atoms. The molecule has 2 aromatic rings. The van der Waals surface area contributed by atoms with Gasteiger partial charge in [-0.2, -0.15) is 0 Å². The number of hydrogen-bond acceptors (Lipinski definition) is 2. The highest BCUT2D eigenvalue weighted by Gasteiger charge is 2.02. The molecule has 0 radical (unpaired) electrons. The van der Waals surface area contributed by atoms with E-state index >= 15 is 0 Å². The Labute approximate surface area is 125 Å². The molecule has 0 saturated carbocycles. The molecule has 2 aromatic carbocycles. The van der Waals surface area contributed by atoms with E-state index in [4.69, 9.17) is 10.5 Å². The van der Waals surface area contributed by atoms with E-state index in [1.54, 1.807) is 0 Å². The quantitative estimate of drug-likeness (QED) is 0.817. The highest BCUT2D eigenvalue weighted by atomic mass is 127. The predicted molar refractivity (Wildman–Crippen MR) is 82.6 cm³/mol. The van der Waals surface area contributed by atoms with Crippen molar-refractivity contribution < 1.29 is 9.13 Å². The van der Waals surface area contributed by atoms with E-state index in [0.29, 0.717) is 25.3 Å². The summed E-state index contributed by atoms with van der Waals surface area (Å²) in [5.41, 5.74) is 7.40. The average molecular weight is 371 g/mol. The smallest absolute Gasteiger partial charge is 0.127 e. The van der Waals surface area contributed by atoms with Crippen molar-refractivity contribution in [3.05, 3.63) is 63.0 Å². The van der Waals surface area contributed by atoms with Crippen molar-refractivity contribution in [1.29, 1.82) is 0 Å². The van der Waals surface area contributed by atoms with E-state index in [1.807, 2.05) is 30.3 Å². The Morgan fingerprint density at radius 1 is 1.05 bits per heavy atom. The molecule has 0 bridgehead atoms. The van der Waals surface area contributed by atoms with Crippen LogP contribution in [-0.2, 0) is 13.0 Å². The Morgan fingerprint density at radius 2 is 1.79 bits per heavy atom. The van der Waals surface area contributed by atoms with E-state index in [2.05, 4.69) is 22.6 Å². The van der Waals surface area contributed by atoms with Gasteiger partial charge in [0.2, 0.25) is 0 Å². The summed E-state index contributed by atoms with van der Waals surface area (Å²) in [7, 11) is 0. The van der Waals surface area contributed by atoms with Gasteiger partial charge in [0.1, 0.15) is 18.2 Å². The number of ether oxygens (including phenoxy) is 1. The van der Waals surface area contributed by atoms with E-state index in [9.17, 15) is 4.39 Å². The van der Waals surface area contributed by atoms with Crippen LogP contribution in [-0.4, -0.2) is 6.54 Å². The second kappa shape index (κ2) is 6.86. The molecule has 0 aromatic heterocycles. The lowest BCUT2D eigenvalue weighted by molar-refractivity contribution is 0.304. The van der Waals surface area contributed by atoms with Gasteiger partial charge in [0, 0.05) is 9.64 Å². The van der Waals surface area contributed by atoms with Crippen LogP contribution in [0.2, 0.25) is 0 Å². The van der Waals surface area contributed by atoms with Gasteiger partial charge in [-0.15, -0.1) is 0 Å². The van der Waals surface area contributed by atoms with Gasteiger partial charge in [-0.05, 0) is 70.9 Å². The first-order valence-electron chi connectivity index (χ1n) is 6.04. The third kappa shape index (κ3) is 4.47. The lowest BCUT2D eigenvalue weighted by atomic mass is 10.1. The Hall–Kier alpha value is -1.14. The molecule has 100 valence electrons. The second-order valence-electron chi connectivity index (χ2n) is 4.25. The molecule has 2 nitrogen and oxygen atoms in total. The monoisotopic (exact) mass is 371 g/mol. The highest BCUT2D eigenvalue weighted by molar-refractivity contribution is 14.1. The summed E-state index contributed by atoms with van der Waals surface area (Å²) in [6, 6.07) is 12.8. The minimum atomic E-state index is -0.288. The summed E-state index contributed by atoms with van der Waals surface area (Å²) in [6.07, 6.45) is 0.650. The van der Waals surface area contributed by atoms with E-state index in [-0.39, 0.29) is 5.82 Å². The van der Waals surface area contributed by atoms with Crippen LogP contribution in [0.5, 0.6) is 5.75 Å². The molecule has 2 N–H and O–H groups in total. The maximum atomic E-state index is 13.4. The van der Waals surface area contributed by atoms with Gasteiger partial charge in [-0.1, -0.05) is 12.1 Å². The van der Waals surface area contributed by atoms with Crippen molar-refractivity contribution in [1.82, 2.24) is 0 Å². The Kier molecular flexibility index (Phi) is 5.15. The van der Waals surface area contributed by atoms with Crippen LogP contribution in [0.4, 0.5) is 4.39 Å². The van der Waals surface area contributed by atoms with Crippen LogP contribution in [0.25, 0.3) is 0 Å². The maximum absolute atomic E-state index is 13.4. The van der Waals surface area contributed by atoms with Crippen LogP contribution in [0.15, 0.2) is 42.5 Å². The molecule has 0 aliphatic rings. The molecule has 0 aliphatic heterocycles. The van der Waals surface area contributed by atoms with E-state index in [0.717, 1.165) is 11.1 Å². The first-order valence-corrected chi connectivity index (χ1v) is 7.12. The van der Waals surface area contributed by atoms with Gasteiger partial charge in [0.05, 0.1) is 0 Å². The van der Waals surface area contributed by atoms with Crippen molar-refractivity contribution in [2.75, 3.05) is 6.54 Å². The third-order valence-electron chi connectivity index (χ3n) is 2.68. The van der Waals surface area contributed by atoms with Crippen LogP contribution in [0.3, 0.4) is 0 Å². The lowest BCUT2D eigenvalue weighted by Crippen LogP contribution is -2.03. The van der Waals surface area contributed by atoms with Crippen molar-refractivity contribution >= 4 is 22.6 Å². The molecule has 0 amide bonds. The zero-order chi connectivity index (χ0) is 13.7. The molecule has 4 heteroatoms. The Balaban J connectivity index is 2.04. The van der Waals surface area contributed by atoms with Crippen molar-refractivity contribution in [2.45, 2.75) is 13.0 Å². The van der Waals surface area contributed by atoms with Gasteiger partial charge in [0.15, 0.2) is 0 Å². The van der Waals surface area contributed by atoms with Gasteiger partial charge in [-0.3, -0.25) is 0 Å². The number of benzene rings is 2. The predicted octanol–water partition coefficient (Wildman–Crippen LogP) is 3.51. The first-order chi connectivity index (χ1) is 9.17. The standard InChI is InChI=1S/C15H15FINO/c16-13-7-12(5-6-18)8-15(9-13)19-10-11-1-3-14(17)4-2-11/h1-4,7-9H,5-6,10,18H2. The van der Waals surface area contributed by atoms with E-state index < -0.39 is 0 Å². The van der Waals surface area contributed by atoms with E-state index in [1.165, 1.54) is 15.7 Å². The van der Waals surface area contributed by atoms with Gasteiger partial charge >= 0.3 is 0 Å². The molecule has 0 heterocycles. The molecule has 0 unspecified atom stereocenters. The fraction of sp³-hybridized carbons (Fsp3) is 0.200. The van der Waals surface area contributed by atoms with Gasteiger partial charge in [0.25, 0.3) is 0 Å². The summed E-state index contributed by atoms with van der Waals surface area (Å²) in [5.74, 6) is 0.255. The number of rotatable bonds is 5. The third-order valence-corrected chi connectivity index (χ3v) is 3.40. The molecule has 0 aliphatic carbocycles. The molecule has 19 heavy (non-hydrogen) atoms. The molecule has 0 atom stereocenters. The summed E-state index contributed by atoms with van der Waals surface area (Å²) < 4.78 is 20.2. The zero-order valence-electron chi connectivity index (χ0n) is 10.4. The minimum absolute atomic E-state index is 0.288. The minimum Gasteiger partial charge on any atom is -0.489 e. The Bertz CT molecular complexity index is 542. The van der Waals surface area contributed by atoms with Crippen LogP contribution in [0.1, 0.15) is 11.1 Å². The van der Waals surface area contributed by atoms with Crippen LogP contribution < -0.4 is 10.5 Å². The SMILES string of the molecule is NCCc1cc(F)cc(OCc2ccc(I)cc2)c1. The fourth-order valence-electron chi connectivity index (χ4n) is 1.76. The fourth-order valence-corrected chi connectivity index (χ4v) is 2.12. The topological polar surface area (TPSA) is 35.2 Å². The van der Waals surface area contributed by atoms with Crippen molar-refractivity contribution in [3.8, 4) is 5.75 Å². The lowest BCUT2D eigenvalue weighted by Gasteiger charge is -2.08. The Morgan fingerprint density at radius 3 is 2.47 bits per heavy atom. The maximum Gasteiger partial charge on any atom is 0.127 e. The summed E-state index contributed by atoms with van der Waals surface area (Å²) >= 11 is 2.25. The molecule has 0 saturated heterocycles. The average Bonchev–Trinajstić information content (AvgIpc) is 2.38. The zero-order valence-corrected chi connectivity index (χ0v) is 12.6.